The average Bonchev–Trinajstić information content (AvgIpc) is 1.49. The van der Waals surface area contributed by atoms with E-state index in [9.17, 15) is 0 Å². The zero-order valence-electron chi connectivity index (χ0n) is 60.5. The Morgan fingerprint density at radius 2 is 0.384 bits per heavy atom. The average molecular weight is 1430 g/mol. The highest BCUT2D eigenvalue weighted by Gasteiger charge is 2.53. The molecule has 2 spiro atoms. The van der Waals surface area contributed by atoms with Gasteiger partial charge in [0.1, 0.15) is 23.0 Å². The number of benzene rings is 16. The first kappa shape index (κ1) is 64.3. The van der Waals surface area contributed by atoms with Crippen LogP contribution in [0.4, 0.5) is 0 Å². The summed E-state index contributed by atoms with van der Waals surface area (Å²) in [6, 6.07) is 138. The minimum absolute atomic E-state index is 0.531. The molecule has 2 aromatic heterocycles. The van der Waals surface area contributed by atoms with Crippen LogP contribution in [0.25, 0.3) is 146 Å². The maximum Gasteiger partial charge on any atom is 0.164 e. The second kappa shape index (κ2) is 25.9. The van der Waals surface area contributed by atoms with E-state index in [-0.39, 0.29) is 0 Å². The third-order valence-corrected chi connectivity index (χ3v) is 22.9. The highest BCUT2D eigenvalue weighted by Crippen LogP contribution is 2.65. The van der Waals surface area contributed by atoms with E-state index in [1.807, 2.05) is 78.9 Å². The van der Waals surface area contributed by atoms with Gasteiger partial charge in [0.05, 0.1) is 10.8 Å². The number of hydrogen-bond donors (Lipinski definition) is 0. The minimum atomic E-state index is -0.715. The zero-order valence-corrected chi connectivity index (χ0v) is 60.5. The summed E-state index contributed by atoms with van der Waals surface area (Å²) in [7, 11) is 0. The molecule has 2 aliphatic carbocycles. The summed E-state index contributed by atoms with van der Waals surface area (Å²) in [5.74, 6) is 6.93. The SMILES string of the molecule is c1ccc(-c2nc(-c3ccccc3)nc(-c3cccc(-c4ccc(-c5ccc6c(c5)Oc5ccc(-c7cccc(-c8nc(-c9ccccc9)nc(-c9cccc(-c%10cccc(-c%11ccc%12c(c%11)Oc%11ccccc%11C%12%11c%12ccccc%12-c%12ccccc%12%11)c%10)c9)n8)c7)cc5C65c6ccccc6-c6ccccc65)cc4)c3)n2)cc1. The molecule has 0 radical (unpaired) electrons. The minimum Gasteiger partial charge on any atom is -0.457 e. The highest BCUT2D eigenvalue weighted by molar-refractivity contribution is 5.92. The van der Waals surface area contributed by atoms with E-state index < -0.39 is 10.8 Å². The van der Waals surface area contributed by atoms with Crippen molar-refractivity contribution in [3.05, 3.63) is 433 Å². The normalized spacial score (nSPS) is 13.1. The van der Waals surface area contributed by atoms with Gasteiger partial charge in [-0.2, -0.15) is 0 Å². The monoisotopic (exact) mass is 1430 g/mol. The van der Waals surface area contributed by atoms with Gasteiger partial charge in [-0.1, -0.05) is 334 Å². The molecule has 4 heterocycles. The molecule has 4 aliphatic rings. The van der Waals surface area contributed by atoms with Crippen LogP contribution in [0.1, 0.15) is 44.5 Å². The molecule has 8 heteroatoms. The first-order chi connectivity index (χ1) is 55.4. The Hall–Kier alpha value is -14.9. The third kappa shape index (κ3) is 10.4. The van der Waals surface area contributed by atoms with Crippen LogP contribution in [-0.4, -0.2) is 29.9 Å². The standard InChI is InChI=1S/C104H64N6O2/c1-4-24-67(25-5-1)97-105-98(68-26-6-2-7-27-68)107-100(106-97)78-35-21-30-70(59-78)65-48-50-66(51-49-65)76-52-55-91-95(63-76)112-94-57-54-75(62-92(94)104(91)87-44-16-12-40-83(87)84-41-13-17-45-88(84)104)74-34-23-37-80(61-74)102-109-99(69-28-8-3-9-29-69)108-101(110-102)79-36-22-33-73(60-79)71-31-20-32-72(58-71)77-53-56-90-96(64-77)111-93-47-19-18-46-89(93)103(90)85-42-14-10-38-81(85)82-39-11-15-43-86(82)103/h1-64H. The fourth-order valence-electron chi connectivity index (χ4n) is 17.8. The van der Waals surface area contributed by atoms with Crippen molar-refractivity contribution < 1.29 is 9.47 Å². The Bertz CT molecular complexity index is 6690. The zero-order chi connectivity index (χ0) is 73.9. The summed E-state index contributed by atoms with van der Waals surface area (Å²) in [6.45, 7) is 0. The van der Waals surface area contributed by atoms with Crippen LogP contribution in [0.2, 0.25) is 0 Å². The summed E-state index contributed by atoms with van der Waals surface area (Å²) in [6.07, 6.45) is 0. The Kier molecular flexibility index (Phi) is 14.9. The molecule has 18 aromatic rings. The van der Waals surface area contributed by atoms with Crippen molar-refractivity contribution in [2.75, 3.05) is 0 Å². The van der Waals surface area contributed by atoms with Crippen LogP contribution in [0.5, 0.6) is 23.0 Å². The largest absolute Gasteiger partial charge is 0.457 e. The second-order valence-electron chi connectivity index (χ2n) is 29.1. The molecule has 22 rings (SSSR count). The fraction of sp³-hybridized carbons (Fsp3) is 0.0192. The number of hydrogen-bond acceptors (Lipinski definition) is 8. The number of ether oxygens (including phenoxy) is 2. The van der Waals surface area contributed by atoms with Gasteiger partial charge in [-0.05, 0) is 155 Å². The topological polar surface area (TPSA) is 95.8 Å². The van der Waals surface area contributed by atoms with E-state index in [2.05, 4.69) is 309 Å². The predicted octanol–water partition coefficient (Wildman–Crippen LogP) is 25.3. The molecule has 0 bridgehead atoms. The van der Waals surface area contributed by atoms with Gasteiger partial charge in [0, 0.05) is 55.6 Å². The van der Waals surface area contributed by atoms with Gasteiger partial charge in [-0.25, -0.2) is 29.9 Å². The summed E-state index contributed by atoms with van der Waals surface area (Å²) in [5, 5.41) is 0. The van der Waals surface area contributed by atoms with Gasteiger partial charge in [-0.3, -0.25) is 0 Å². The Morgan fingerprint density at radius 1 is 0.143 bits per heavy atom. The molecule has 112 heavy (non-hydrogen) atoms. The molecule has 8 nitrogen and oxygen atoms in total. The van der Waals surface area contributed by atoms with Crippen molar-refractivity contribution in [1.29, 1.82) is 0 Å². The van der Waals surface area contributed by atoms with E-state index in [0.717, 1.165) is 134 Å². The molecule has 522 valence electrons. The lowest BCUT2D eigenvalue weighted by molar-refractivity contribution is 0.436. The second-order valence-corrected chi connectivity index (χ2v) is 29.1. The summed E-state index contributed by atoms with van der Waals surface area (Å²) in [4.78, 5) is 30.9. The van der Waals surface area contributed by atoms with E-state index in [1.165, 1.54) is 44.5 Å². The smallest absolute Gasteiger partial charge is 0.164 e. The van der Waals surface area contributed by atoms with Crippen LogP contribution >= 0.6 is 0 Å². The molecule has 0 N–H and O–H groups in total. The molecule has 16 aromatic carbocycles. The van der Waals surface area contributed by atoms with Crippen molar-refractivity contribution in [2.24, 2.45) is 0 Å². The molecular weight excluding hydrogens is 1370 g/mol. The fourth-order valence-corrected chi connectivity index (χ4v) is 17.8. The van der Waals surface area contributed by atoms with Crippen LogP contribution < -0.4 is 9.47 Å². The van der Waals surface area contributed by atoms with Crippen molar-refractivity contribution >= 4 is 0 Å². The lowest BCUT2D eigenvalue weighted by Crippen LogP contribution is -2.32. The first-order valence-electron chi connectivity index (χ1n) is 37.9. The van der Waals surface area contributed by atoms with Crippen LogP contribution in [0.15, 0.2) is 388 Å². The van der Waals surface area contributed by atoms with Crippen LogP contribution in [-0.2, 0) is 10.8 Å². The molecule has 2 aliphatic heterocycles. The molecule has 0 unspecified atom stereocenters. The Morgan fingerprint density at radius 3 is 0.777 bits per heavy atom. The van der Waals surface area contributed by atoms with E-state index in [0.29, 0.717) is 34.9 Å². The molecule has 0 amide bonds. The maximum atomic E-state index is 7.25. The van der Waals surface area contributed by atoms with Gasteiger partial charge in [0.15, 0.2) is 34.9 Å². The number of fused-ring (bicyclic) bond motifs is 18. The number of aromatic nitrogens is 6. The Balaban J connectivity index is 0.588. The van der Waals surface area contributed by atoms with Gasteiger partial charge in [0.2, 0.25) is 0 Å². The summed E-state index contributed by atoms with van der Waals surface area (Å²) >= 11 is 0. The van der Waals surface area contributed by atoms with Gasteiger partial charge < -0.3 is 9.47 Å². The van der Waals surface area contributed by atoms with Gasteiger partial charge >= 0.3 is 0 Å². The number of para-hydroxylation sites is 1. The van der Waals surface area contributed by atoms with E-state index in [1.54, 1.807) is 0 Å². The van der Waals surface area contributed by atoms with Crippen molar-refractivity contribution in [1.82, 2.24) is 29.9 Å². The molecular formula is C104H64N6O2. The van der Waals surface area contributed by atoms with Crippen molar-refractivity contribution in [3.8, 4) is 169 Å². The van der Waals surface area contributed by atoms with E-state index in [4.69, 9.17) is 39.4 Å². The van der Waals surface area contributed by atoms with Crippen molar-refractivity contribution in [3.63, 3.8) is 0 Å². The van der Waals surface area contributed by atoms with E-state index >= 15 is 0 Å². The maximum absolute atomic E-state index is 7.25. The lowest BCUT2D eigenvalue weighted by atomic mass is 9.65. The molecule has 0 fully saturated rings. The molecule has 0 saturated carbocycles. The number of nitrogens with zero attached hydrogens (tertiary/aromatic N) is 6. The molecule has 0 atom stereocenters. The lowest BCUT2D eigenvalue weighted by Gasteiger charge is -2.40. The van der Waals surface area contributed by atoms with Gasteiger partial charge in [0.25, 0.3) is 0 Å². The quantitative estimate of drug-likeness (QED) is 0.126. The van der Waals surface area contributed by atoms with Crippen LogP contribution in [0, 0.1) is 0 Å². The van der Waals surface area contributed by atoms with Crippen molar-refractivity contribution in [2.45, 2.75) is 10.8 Å². The highest BCUT2D eigenvalue weighted by atomic mass is 16.5. The summed E-state index contributed by atoms with van der Waals surface area (Å²) in [5.41, 5.74) is 29.0. The van der Waals surface area contributed by atoms with Crippen LogP contribution in [0.3, 0.4) is 0 Å². The molecule has 0 saturated heterocycles. The van der Waals surface area contributed by atoms with Gasteiger partial charge in [-0.15, -0.1) is 0 Å². The number of rotatable bonds is 11. The first-order valence-corrected chi connectivity index (χ1v) is 37.9. The predicted molar refractivity (Wildman–Crippen MR) is 448 cm³/mol. The Labute approximate surface area is 648 Å². The summed E-state index contributed by atoms with van der Waals surface area (Å²) < 4.78 is 14.2. The third-order valence-electron chi connectivity index (χ3n) is 22.9.